The Labute approximate surface area is 98.7 Å². The first-order chi connectivity index (χ1) is 7.80. The maximum absolute atomic E-state index is 5.54. The summed E-state index contributed by atoms with van der Waals surface area (Å²) in [5.41, 5.74) is 0. The van der Waals surface area contributed by atoms with Crippen LogP contribution in [0.5, 0.6) is 0 Å². The number of ether oxygens (including phenoxy) is 2. The van der Waals surface area contributed by atoms with Gasteiger partial charge in [0.05, 0.1) is 12.2 Å². The minimum atomic E-state index is 0.562. The average molecular weight is 224 g/mol. The van der Waals surface area contributed by atoms with E-state index in [1.807, 2.05) is 14.2 Å². The van der Waals surface area contributed by atoms with Gasteiger partial charge in [-0.3, -0.25) is 0 Å². The van der Waals surface area contributed by atoms with Gasteiger partial charge in [0.15, 0.2) is 0 Å². The van der Waals surface area contributed by atoms with Crippen LogP contribution in [0, 0.1) is 23.7 Å². The lowest BCUT2D eigenvalue weighted by atomic mass is 9.71. The summed E-state index contributed by atoms with van der Waals surface area (Å²) >= 11 is 0. The van der Waals surface area contributed by atoms with Crippen molar-refractivity contribution in [3.63, 3.8) is 0 Å². The van der Waals surface area contributed by atoms with E-state index < -0.39 is 0 Å². The van der Waals surface area contributed by atoms with Crippen molar-refractivity contribution in [2.45, 2.75) is 50.7 Å². The molecule has 2 heteroatoms. The van der Waals surface area contributed by atoms with E-state index in [-0.39, 0.29) is 0 Å². The molecule has 3 aliphatic rings. The predicted molar refractivity (Wildman–Crippen MR) is 63.3 cm³/mol. The molecule has 3 fully saturated rings. The number of methoxy groups -OCH3 is 2. The maximum atomic E-state index is 5.54. The summed E-state index contributed by atoms with van der Waals surface area (Å²) in [6.45, 7) is 0. The summed E-state index contributed by atoms with van der Waals surface area (Å²) in [7, 11) is 3.76. The second-order valence-electron chi connectivity index (χ2n) is 6.17. The lowest BCUT2D eigenvalue weighted by Crippen LogP contribution is -2.25. The first-order valence-electron chi connectivity index (χ1n) is 6.85. The third-order valence-electron chi connectivity index (χ3n) is 5.47. The Bertz CT molecular complexity index is 207. The number of rotatable bonds is 2. The van der Waals surface area contributed by atoms with Crippen LogP contribution >= 0.6 is 0 Å². The van der Waals surface area contributed by atoms with E-state index in [1.165, 1.54) is 38.5 Å². The molecule has 0 aromatic carbocycles. The summed E-state index contributed by atoms with van der Waals surface area (Å²) in [5, 5.41) is 0. The van der Waals surface area contributed by atoms with Crippen LogP contribution in [0.3, 0.4) is 0 Å². The Hall–Kier alpha value is -0.0800. The van der Waals surface area contributed by atoms with Crippen molar-refractivity contribution in [2.24, 2.45) is 23.7 Å². The molecule has 0 amide bonds. The van der Waals surface area contributed by atoms with Gasteiger partial charge in [0.25, 0.3) is 0 Å². The highest BCUT2D eigenvalue weighted by molar-refractivity contribution is 4.96. The SMILES string of the molecule is COC1CC2CC3CC(OC)CC3CC2C1. The summed E-state index contributed by atoms with van der Waals surface area (Å²) in [4.78, 5) is 0. The van der Waals surface area contributed by atoms with Gasteiger partial charge in [-0.2, -0.15) is 0 Å². The van der Waals surface area contributed by atoms with Crippen molar-refractivity contribution < 1.29 is 9.47 Å². The minimum absolute atomic E-state index is 0.562. The summed E-state index contributed by atoms with van der Waals surface area (Å²) in [6.07, 6.45) is 9.32. The van der Waals surface area contributed by atoms with Gasteiger partial charge in [-0.25, -0.2) is 0 Å². The van der Waals surface area contributed by atoms with Crippen LogP contribution in [0.4, 0.5) is 0 Å². The molecular formula is C14H24O2. The van der Waals surface area contributed by atoms with Crippen molar-refractivity contribution >= 4 is 0 Å². The van der Waals surface area contributed by atoms with Crippen molar-refractivity contribution in [3.8, 4) is 0 Å². The topological polar surface area (TPSA) is 18.5 Å². The molecule has 16 heavy (non-hydrogen) atoms. The molecule has 0 aromatic rings. The number of fused-ring (bicyclic) bond motifs is 2. The van der Waals surface area contributed by atoms with Gasteiger partial charge >= 0.3 is 0 Å². The van der Waals surface area contributed by atoms with Gasteiger partial charge in [-0.05, 0) is 62.2 Å². The first-order valence-corrected chi connectivity index (χ1v) is 6.85. The molecule has 0 aromatic heterocycles. The molecular weight excluding hydrogens is 200 g/mol. The molecule has 0 spiro atoms. The second kappa shape index (κ2) is 4.30. The van der Waals surface area contributed by atoms with Crippen LogP contribution in [0.2, 0.25) is 0 Å². The molecule has 0 heterocycles. The van der Waals surface area contributed by atoms with Crippen LogP contribution in [0.1, 0.15) is 38.5 Å². The molecule has 3 aliphatic carbocycles. The van der Waals surface area contributed by atoms with Gasteiger partial charge in [-0.15, -0.1) is 0 Å². The van der Waals surface area contributed by atoms with Gasteiger partial charge < -0.3 is 9.47 Å². The van der Waals surface area contributed by atoms with E-state index in [9.17, 15) is 0 Å². The third-order valence-corrected chi connectivity index (χ3v) is 5.47. The second-order valence-corrected chi connectivity index (χ2v) is 6.17. The molecule has 0 saturated heterocycles. The monoisotopic (exact) mass is 224 g/mol. The van der Waals surface area contributed by atoms with Gasteiger partial charge in [0.2, 0.25) is 0 Å². The maximum Gasteiger partial charge on any atom is 0.0576 e. The smallest absolute Gasteiger partial charge is 0.0576 e. The Balaban J connectivity index is 1.64. The minimum Gasteiger partial charge on any atom is -0.381 e. The van der Waals surface area contributed by atoms with Crippen molar-refractivity contribution in [3.05, 3.63) is 0 Å². The van der Waals surface area contributed by atoms with E-state index >= 15 is 0 Å². The quantitative estimate of drug-likeness (QED) is 0.718. The Morgan fingerprint density at radius 1 is 0.562 bits per heavy atom. The van der Waals surface area contributed by atoms with Crippen LogP contribution < -0.4 is 0 Å². The highest BCUT2D eigenvalue weighted by Crippen LogP contribution is 2.52. The summed E-state index contributed by atoms with van der Waals surface area (Å²) < 4.78 is 11.1. The molecule has 0 N–H and O–H groups in total. The Morgan fingerprint density at radius 2 is 0.875 bits per heavy atom. The zero-order valence-electron chi connectivity index (χ0n) is 10.5. The molecule has 92 valence electrons. The van der Waals surface area contributed by atoms with Gasteiger partial charge in [-0.1, -0.05) is 0 Å². The van der Waals surface area contributed by atoms with Crippen LogP contribution in [-0.2, 0) is 9.47 Å². The molecule has 4 unspecified atom stereocenters. The Kier molecular flexibility index (Phi) is 2.97. The fourth-order valence-electron chi connectivity index (χ4n) is 4.63. The summed E-state index contributed by atoms with van der Waals surface area (Å²) in [5.74, 6) is 3.84. The van der Waals surface area contributed by atoms with Crippen molar-refractivity contribution in [2.75, 3.05) is 14.2 Å². The predicted octanol–water partition coefficient (Wildman–Crippen LogP) is 2.86. The van der Waals surface area contributed by atoms with Crippen molar-refractivity contribution in [1.82, 2.24) is 0 Å². The lowest BCUT2D eigenvalue weighted by molar-refractivity contribution is 0.0984. The molecule has 0 aliphatic heterocycles. The van der Waals surface area contributed by atoms with Crippen LogP contribution in [-0.4, -0.2) is 26.4 Å². The van der Waals surface area contributed by atoms with Crippen LogP contribution in [0.15, 0.2) is 0 Å². The molecule has 2 nitrogen and oxygen atoms in total. The molecule has 0 radical (unpaired) electrons. The first kappa shape index (κ1) is 11.0. The zero-order valence-corrected chi connectivity index (χ0v) is 10.5. The molecule has 3 rings (SSSR count). The van der Waals surface area contributed by atoms with E-state index in [2.05, 4.69) is 0 Å². The molecule has 0 bridgehead atoms. The van der Waals surface area contributed by atoms with Crippen molar-refractivity contribution in [1.29, 1.82) is 0 Å². The standard InChI is InChI=1S/C14H24O2/c1-15-13-5-9-3-11-7-14(16-2)8-12(11)4-10(9)6-13/h9-14H,3-8H2,1-2H3. The largest absolute Gasteiger partial charge is 0.381 e. The highest BCUT2D eigenvalue weighted by Gasteiger charge is 2.46. The Morgan fingerprint density at radius 3 is 1.12 bits per heavy atom. The third kappa shape index (κ3) is 1.80. The van der Waals surface area contributed by atoms with E-state index in [4.69, 9.17) is 9.47 Å². The van der Waals surface area contributed by atoms with Crippen LogP contribution in [0.25, 0.3) is 0 Å². The number of hydrogen-bond donors (Lipinski definition) is 0. The lowest BCUT2D eigenvalue weighted by Gasteiger charge is -2.34. The summed E-state index contributed by atoms with van der Waals surface area (Å²) in [6, 6.07) is 0. The average Bonchev–Trinajstić information content (AvgIpc) is 2.86. The normalized spacial score (nSPS) is 51.4. The van der Waals surface area contributed by atoms with E-state index in [0.717, 1.165) is 23.7 Å². The number of hydrogen-bond acceptors (Lipinski definition) is 2. The fraction of sp³-hybridized carbons (Fsp3) is 1.00. The highest BCUT2D eigenvalue weighted by atomic mass is 16.5. The molecule has 4 atom stereocenters. The van der Waals surface area contributed by atoms with E-state index in [1.54, 1.807) is 0 Å². The molecule has 3 saturated carbocycles. The van der Waals surface area contributed by atoms with Gasteiger partial charge in [0, 0.05) is 14.2 Å². The zero-order chi connectivity index (χ0) is 11.1. The fourth-order valence-corrected chi connectivity index (χ4v) is 4.63. The van der Waals surface area contributed by atoms with E-state index in [0.29, 0.717) is 12.2 Å². The van der Waals surface area contributed by atoms with Gasteiger partial charge in [0.1, 0.15) is 0 Å².